The van der Waals surface area contributed by atoms with Gasteiger partial charge in [-0.15, -0.1) is 0 Å². The largest absolute Gasteiger partial charge is 0.369 e. The van der Waals surface area contributed by atoms with E-state index in [0.717, 1.165) is 70.6 Å². The third kappa shape index (κ3) is 4.43. The van der Waals surface area contributed by atoms with Crippen molar-refractivity contribution in [2.24, 2.45) is 27.3 Å². The molecule has 0 saturated carbocycles. The van der Waals surface area contributed by atoms with Crippen molar-refractivity contribution in [3.8, 4) is 0 Å². The third-order valence-electron chi connectivity index (χ3n) is 6.47. The molecule has 0 saturated heterocycles. The van der Waals surface area contributed by atoms with Gasteiger partial charge in [-0.05, 0) is 25.7 Å². The number of primary amides is 1. The molecule has 2 N–H and O–H groups in total. The van der Waals surface area contributed by atoms with E-state index in [0.29, 0.717) is 0 Å². The van der Waals surface area contributed by atoms with Gasteiger partial charge in [0, 0.05) is 11.3 Å². The van der Waals surface area contributed by atoms with Gasteiger partial charge < -0.3 is 5.73 Å². The molecule has 1 rings (SSSR count). The molecule has 1 amide bonds. The van der Waals surface area contributed by atoms with E-state index in [1.165, 1.54) is 0 Å². The van der Waals surface area contributed by atoms with Crippen LogP contribution in [0.4, 0.5) is 0 Å². The van der Waals surface area contributed by atoms with E-state index in [2.05, 4.69) is 39.7 Å². The highest BCUT2D eigenvalue weighted by Gasteiger charge is 2.61. The van der Waals surface area contributed by atoms with Gasteiger partial charge in [-0.25, -0.2) is 0 Å². The lowest BCUT2D eigenvalue weighted by atomic mass is 9.52. The monoisotopic (exact) mass is 351 g/mol. The van der Waals surface area contributed by atoms with E-state index in [-0.39, 0.29) is 28.8 Å². The van der Waals surface area contributed by atoms with E-state index in [9.17, 15) is 4.79 Å². The van der Waals surface area contributed by atoms with Crippen LogP contribution in [-0.2, 0) is 4.79 Å². The highest BCUT2D eigenvalue weighted by Crippen LogP contribution is 2.58. The van der Waals surface area contributed by atoms with Crippen LogP contribution in [-0.4, -0.2) is 17.5 Å². The van der Waals surface area contributed by atoms with Crippen LogP contribution in [0.2, 0.25) is 0 Å². The first kappa shape index (κ1) is 22.1. The summed E-state index contributed by atoms with van der Waals surface area (Å²) in [5.41, 5.74) is 5.56. The molecule has 4 heteroatoms. The summed E-state index contributed by atoms with van der Waals surface area (Å²) >= 11 is 0. The molecule has 3 unspecified atom stereocenters. The topological polar surface area (TPSA) is 67.8 Å². The van der Waals surface area contributed by atoms with Crippen LogP contribution in [0.5, 0.6) is 0 Å². The number of nitrogens with zero attached hydrogens (tertiary/aromatic N) is 2. The lowest BCUT2D eigenvalue weighted by Crippen LogP contribution is -2.62. The molecule has 0 bridgehead atoms. The predicted molar refractivity (Wildman–Crippen MR) is 106 cm³/mol. The maximum absolute atomic E-state index is 12.3. The van der Waals surface area contributed by atoms with Crippen LogP contribution in [0.25, 0.3) is 0 Å². The zero-order valence-corrected chi connectivity index (χ0v) is 17.3. The van der Waals surface area contributed by atoms with Gasteiger partial charge in [-0.2, -0.15) is 10.2 Å². The number of hydrogen-bond acceptors (Lipinski definition) is 3. The summed E-state index contributed by atoms with van der Waals surface area (Å²) in [5.74, 6) is -0.318. The van der Waals surface area contributed by atoms with Crippen molar-refractivity contribution < 1.29 is 4.79 Å². The SMILES string of the molecule is CCCCC(CCCC)(C(C)C(N)=O)C1(CCCC)N=NC1CCC. The Labute approximate surface area is 155 Å². The first-order valence-corrected chi connectivity index (χ1v) is 10.7. The molecule has 1 aliphatic rings. The van der Waals surface area contributed by atoms with E-state index in [4.69, 9.17) is 10.8 Å². The maximum Gasteiger partial charge on any atom is 0.220 e. The average molecular weight is 352 g/mol. The Morgan fingerprint density at radius 3 is 1.96 bits per heavy atom. The predicted octanol–water partition coefficient (Wildman–Crippen LogP) is 6.04. The highest BCUT2D eigenvalue weighted by molar-refractivity contribution is 5.77. The van der Waals surface area contributed by atoms with Gasteiger partial charge in [0.2, 0.25) is 5.91 Å². The molecular formula is C21H41N3O. The molecule has 4 nitrogen and oxygen atoms in total. The number of carbonyl (C=O) groups is 1. The number of rotatable bonds is 14. The lowest BCUT2D eigenvalue weighted by Gasteiger charge is -2.57. The molecule has 0 aliphatic carbocycles. The Morgan fingerprint density at radius 2 is 1.60 bits per heavy atom. The standard InChI is InChI=1S/C21H41N3O/c1-6-10-14-20(15-11-7-2,17(5)19(22)25)21(16-12-8-3)18(13-9-4)23-24-21/h17-18H,6-16H2,1-5H3,(H2,22,25). The molecule has 0 aromatic carbocycles. The number of carbonyl (C=O) groups excluding carboxylic acids is 1. The molecule has 146 valence electrons. The molecule has 1 aliphatic heterocycles. The first-order chi connectivity index (χ1) is 12.0. The zero-order chi connectivity index (χ0) is 18.9. The Balaban J connectivity index is 3.39. The second-order valence-electron chi connectivity index (χ2n) is 8.04. The van der Waals surface area contributed by atoms with Crippen LogP contribution in [0.1, 0.15) is 105 Å². The summed E-state index contributed by atoms with van der Waals surface area (Å²) in [6.45, 7) is 11.0. The maximum atomic E-state index is 12.3. The molecule has 25 heavy (non-hydrogen) atoms. The second kappa shape index (κ2) is 10.3. The summed E-state index contributed by atoms with van der Waals surface area (Å²) in [5, 5.41) is 9.40. The first-order valence-electron chi connectivity index (χ1n) is 10.7. The number of unbranched alkanes of at least 4 members (excludes halogenated alkanes) is 3. The van der Waals surface area contributed by atoms with Crippen molar-refractivity contribution in [3.05, 3.63) is 0 Å². The van der Waals surface area contributed by atoms with E-state index < -0.39 is 0 Å². The summed E-state index contributed by atoms with van der Waals surface area (Å²) < 4.78 is 0. The Kier molecular flexibility index (Phi) is 9.09. The highest BCUT2D eigenvalue weighted by atomic mass is 16.1. The van der Waals surface area contributed by atoms with Gasteiger partial charge in [0.05, 0.1) is 6.04 Å². The van der Waals surface area contributed by atoms with Crippen molar-refractivity contribution in [1.29, 1.82) is 0 Å². The van der Waals surface area contributed by atoms with Crippen molar-refractivity contribution in [1.82, 2.24) is 0 Å². The van der Waals surface area contributed by atoms with Gasteiger partial charge in [0.1, 0.15) is 5.54 Å². The molecule has 0 fully saturated rings. The van der Waals surface area contributed by atoms with Gasteiger partial charge in [-0.1, -0.05) is 79.6 Å². The minimum Gasteiger partial charge on any atom is -0.369 e. The van der Waals surface area contributed by atoms with Gasteiger partial charge >= 0.3 is 0 Å². The van der Waals surface area contributed by atoms with Crippen molar-refractivity contribution >= 4 is 5.91 Å². The molecule has 0 radical (unpaired) electrons. The Hall–Kier alpha value is -0.930. The number of azo groups is 1. The molecular weight excluding hydrogens is 310 g/mol. The van der Waals surface area contributed by atoms with Gasteiger partial charge in [0.25, 0.3) is 0 Å². The average Bonchev–Trinajstić information content (AvgIpc) is 2.60. The van der Waals surface area contributed by atoms with Gasteiger partial charge in [0.15, 0.2) is 0 Å². The summed E-state index contributed by atoms with van der Waals surface area (Å²) in [7, 11) is 0. The van der Waals surface area contributed by atoms with Crippen LogP contribution >= 0.6 is 0 Å². The van der Waals surface area contributed by atoms with E-state index in [1.54, 1.807) is 0 Å². The molecule has 1 heterocycles. The quantitative estimate of drug-likeness (QED) is 0.407. The van der Waals surface area contributed by atoms with Crippen LogP contribution in [0, 0.1) is 11.3 Å². The fourth-order valence-corrected chi connectivity index (χ4v) is 4.81. The smallest absolute Gasteiger partial charge is 0.220 e. The van der Waals surface area contributed by atoms with Gasteiger partial charge in [-0.3, -0.25) is 4.79 Å². The van der Waals surface area contributed by atoms with Crippen molar-refractivity contribution in [2.75, 3.05) is 0 Å². The Morgan fingerprint density at radius 1 is 1.04 bits per heavy atom. The minimum atomic E-state index is -0.183. The minimum absolute atomic E-state index is 0.137. The molecule has 0 aromatic heterocycles. The molecule has 3 atom stereocenters. The number of amides is 1. The number of hydrogen-bond donors (Lipinski definition) is 1. The normalized spacial score (nSPS) is 24.1. The lowest BCUT2D eigenvalue weighted by molar-refractivity contribution is -0.131. The Bertz CT molecular complexity index is 427. The van der Waals surface area contributed by atoms with E-state index >= 15 is 0 Å². The number of nitrogens with two attached hydrogens (primary N) is 1. The third-order valence-corrected chi connectivity index (χ3v) is 6.47. The van der Waals surface area contributed by atoms with Crippen LogP contribution < -0.4 is 5.73 Å². The molecule has 0 aromatic rings. The summed E-state index contributed by atoms with van der Waals surface area (Å²) in [6, 6.07) is 0.263. The van der Waals surface area contributed by atoms with Crippen molar-refractivity contribution in [2.45, 2.75) is 117 Å². The van der Waals surface area contributed by atoms with Crippen LogP contribution in [0.3, 0.4) is 0 Å². The second-order valence-corrected chi connectivity index (χ2v) is 8.04. The zero-order valence-electron chi connectivity index (χ0n) is 17.3. The van der Waals surface area contributed by atoms with Crippen LogP contribution in [0.15, 0.2) is 10.2 Å². The van der Waals surface area contributed by atoms with E-state index in [1.807, 2.05) is 0 Å². The molecule has 0 spiro atoms. The fraction of sp³-hybridized carbons (Fsp3) is 0.952. The van der Waals surface area contributed by atoms with Crippen molar-refractivity contribution in [3.63, 3.8) is 0 Å². The summed E-state index contributed by atoms with van der Waals surface area (Å²) in [4.78, 5) is 12.3. The fourth-order valence-electron chi connectivity index (χ4n) is 4.81. The summed E-state index contributed by atoms with van der Waals surface area (Å²) in [6.07, 6.45) is 12.1.